The lowest BCUT2D eigenvalue weighted by atomic mass is 10.0. The summed E-state index contributed by atoms with van der Waals surface area (Å²) < 4.78 is 6.98. The number of rotatable bonds is 9. The van der Waals surface area contributed by atoms with Crippen molar-refractivity contribution in [1.29, 1.82) is 0 Å². The van der Waals surface area contributed by atoms with Gasteiger partial charge in [-0.15, -0.1) is 21.5 Å². The number of methoxy groups -OCH3 is 1. The van der Waals surface area contributed by atoms with Gasteiger partial charge in [-0.3, -0.25) is 4.79 Å². The second kappa shape index (κ2) is 11.4. The van der Waals surface area contributed by atoms with Gasteiger partial charge in [-0.1, -0.05) is 42.1 Å². The Morgan fingerprint density at radius 3 is 2.42 bits per heavy atom. The van der Waals surface area contributed by atoms with Crippen molar-refractivity contribution in [3.8, 4) is 22.5 Å². The van der Waals surface area contributed by atoms with Crippen molar-refractivity contribution >= 4 is 45.7 Å². The summed E-state index contributed by atoms with van der Waals surface area (Å²) in [7, 11) is 5.33. The third-order valence-corrected chi connectivity index (χ3v) is 7.39. The molecule has 0 fully saturated rings. The third kappa shape index (κ3) is 5.44. The van der Waals surface area contributed by atoms with Gasteiger partial charge >= 0.3 is 5.97 Å². The Bertz CT molecular complexity index is 1350. The van der Waals surface area contributed by atoms with Crippen molar-refractivity contribution in [2.45, 2.75) is 18.6 Å². The maximum absolute atomic E-state index is 12.8. The van der Waals surface area contributed by atoms with Crippen LogP contribution >= 0.6 is 23.1 Å². The van der Waals surface area contributed by atoms with E-state index in [0.717, 1.165) is 28.2 Å². The van der Waals surface area contributed by atoms with E-state index in [9.17, 15) is 9.59 Å². The van der Waals surface area contributed by atoms with Crippen LogP contribution in [-0.4, -0.2) is 53.6 Å². The van der Waals surface area contributed by atoms with Gasteiger partial charge in [0.1, 0.15) is 10.6 Å². The van der Waals surface area contributed by atoms with E-state index in [-0.39, 0.29) is 11.7 Å². The number of hydrogen-bond acceptors (Lipinski definition) is 8. The van der Waals surface area contributed by atoms with Gasteiger partial charge in [0.2, 0.25) is 5.91 Å². The van der Waals surface area contributed by atoms with Crippen LogP contribution in [0.3, 0.4) is 0 Å². The molecule has 0 saturated heterocycles. The first kappa shape index (κ1) is 25.5. The number of hydrogen-bond donors (Lipinski definition) is 1. The van der Waals surface area contributed by atoms with E-state index in [2.05, 4.69) is 15.5 Å². The number of anilines is 2. The summed E-state index contributed by atoms with van der Waals surface area (Å²) in [6.07, 6.45) is 0. The monoisotopic (exact) mass is 521 g/mol. The molecular weight excluding hydrogens is 494 g/mol. The summed E-state index contributed by atoms with van der Waals surface area (Å²) in [5, 5.41) is 14.5. The lowest BCUT2D eigenvalue weighted by Gasteiger charge is -2.13. The van der Waals surface area contributed by atoms with Crippen molar-refractivity contribution in [2.75, 3.05) is 37.2 Å². The molecule has 0 unspecified atom stereocenters. The van der Waals surface area contributed by atoms with Crippen molar-refractivity contribution in [1.82, 2.24) is 14.8 Å². The highest BCUT2D eigenvalue weighted by Crippen LogP contribution is 2.36. The van der Waals surface area contributed by atoms with Crippen LogP contribution in [0.25, 0.3) is 22.5 Å². The number of carbonyl (C=O) groups is 2. The van der Waals surface area contributed by atoms with Gasteiger partial charge in [0, 0.05) is 42.8 Å². The first-order chi connectivity index (χ1) is 17.4. The Labute approximate surface area is 218 Å². The number of thiophene rings is 1. The van der Waals surface area contributed by atoms with Gasteiger partial charge in [0.15, 0.2) is 11.0 Å². The van der Waals surface area contributed by atoms with E-state index in [1.54, 1.807) is 0 Å². The van der Waals surface area contributed by atoms with Crippen LogP contribution in [0.4, 0.5) is 10.7 Å². The Hall–Kier alpha value is -3.63. The zero-order chi connectivity index (χ0) is 25.7. The van der Waals surface area contributed by atoms with Crippen LogP contribution in [0.5, 0.6) is 0 Å². The average molecular weight is 522 g/mol. The van der Waals surface area contributed by atoms with Gasteiger partial charge in [0.25, 0.3) is 0 Å². The maximum atomic E-state index is 12.8. The second-order valence-corrected chi connectivity index (χ2v) is 9.86. The normalized spacial score (nSPS) is 10.8. The Balaban J connectivity index is 1.48. The predicted octanol–water partition coefficient (Wildman–Crippen LogP) is 5.28. The summed E-state index contributed by atoms with van der Waals surface area (Å²) in [6.45, 7) is 2.68. The molecule has 186 valence electrons. The standard InChI is InChI=1S/C26H27N5O3S2/c1-5-31-23(18-11-13-19(14-12-18)30(2)3)28-29-26(31)36-16-21(32)27-24-22(25(33)34-4)20(15-35-24)17-9-7-6-8-10-17/h6-15H,5,16H2,1-4H3,(H,27,32). The minimum atomic E-state index is -0.492. The molecule has 1 amide bonds. The Morgan fingerprint density at radius 2 is 1.78 bits per heavy atom. The number of aromatic nitrogens is 3. The van der Waals surface area contributed by atoms with Gasteiger partial charge in [-0.25, -0.2) is 4.79 Å². The zero-order valence-electron chi connectivity index (χ0n) is 20.5. The molecule has 8 nitrogen and oxygen atoms in total. The van der Waals surface area contributed by atoms with Crippen LogP contribution in [0.1, 0.15) is 17.3 Å². The van der Waals surface area contributed by atoms with E-state index in [0.29, 0.717) is 22.3 Å². The fourth-order valence-corrected chi connectivity index (χ4v) is 5.46. The number of esters is 1. The highest BCUT2D eigenvalue weighted by Gasteiger charge is 2.23. The van der Waals surface area contributed by atoms with E-state index >= 15 is 0 Å². The van der Waals surface area contributed by atoms with Crippen molar-refractivity contribution in [3.05, 3.63) is 65.5 Å². The zero-order valence-corrected chi connectivity index (χ0v) is 22.2. The number of thioether (sulfide) groups is 1. The van der Waals surface area contributed by atoms with Gasteiger partial charge in [-0.05, 0) is 36.8 Å². The molecule has 36 heavy (non-hydrogen) atoms. The van der Waals surface area contributed by atoms with Gasteiger partial charge in [0.05, 0.1) is 12.9 Å². The highest BCUT2D eigenvalue weighted by molar-refractivity contribution is 7.99. The summed E-state index contributed by atoms with van der Waals surface area (Å²) in [6, 6.07) is 17.6. The minimum absolute atomic E-state index is 0.122. The topological polar surface area (TPSA) is 89.3 Å². The molecule has 0 aliphatic carbocycles. The minimum Gasteiger partial charge on any atom is -0.465 e. The van der Waals surface area contributed by atoms with Crippen LogP contribution < -0.4 is 10.2 Å². The predicted molar refractivity (Wildman–Crippen MR) is 146 cm³/mol. The molecule has 0 spiro atoms. The molecule has 2 aromatic heterocycles. The molecule has 0 atom stereocenters. The average Bonchev–Trinajstić information content (AvgIpc) is 3.51. The third-order valence-electron chi connectivity index (χ3n) is 5.53. The van der Waals surface area contributed by atoms with Crippen LogP contribution in [0.2, 0.25) is 0 Å². The molecule has 0 aliphatic rings. The molecular formula is C26H27N5O3S2. The summed E-state index contributed by atoms with van der Waals surface area (Å²) >= 11 is 2.60. The molecule has 2 heterocycles. The molecule has 10 heteroatoms. The highest BCUT2D eigenvalue weighted by atomic mass is 32.2. The SMILES string of the molecule is CCn1c(SCC(=O)Nc2scc(-c3ccccc3)c2C(=O)OC)nnc1-c1ccc(N(C)C)cc1. The van der Waals surface area contributed by atoms with Crippen molar-refractivity contribution < 1.29 is 14.3 Å². The van der Waals surface area contributed by atoms with Crippen molar-refractivity contribution in [2.24, 2.45) is 0 Å². The number of amides is 1. The summed E-state index contributed by atoms with van der Waals surface area (Å²) in [4.78, 5) is 27.4. The Kier molecular flexibility index (Phi) is 8.07. The quantitative estimate of drug-likeness (QED) is 0.237. The van der Waals surface area contributed by atoms with E-state index in [4.69, 9.17) is 4.74 Å². The van der Waals surface area contributed by atoms with Crippen LogP contribution in [0, 0.1) is 0 Å². The lowest BCUT2D eigenvalue weighted by molar-refractivity contribution is -0.113. The molecule has 4 aromatic rings. The van der Waals surface area contributed by atoms with E-state index in [1.807, 2.05) is 90.5 Å². The van der Waals surface area contributed by atoms with Crippen LogP contribution in [0.15, 0.2) is 65.1 Å². The molecule has 0 saturated carbocycles. The molecule has 1 N–H and O–H groups in total. The number of carbonyl (C=O) groups excluding carboxylic acids is 2. The molecule has 0 radical (unpaired) electrons. The molecule has 4 rings (SSSR count). The summed E-state index contributed by atoms with van der Waals surface area (Å²) in [5.74, 6) is 0.143. The van der Waals surface area contributed by atoms with Crippen LogP contribution in [-0.2, 0) is 16.1 Å². The smallest absolute Gasteiger partial charge is 0.341 e. The number of nitrogens with zero attached hydrogens (tertiary/aromatic N) is 4. The Morgan fingerprint density at radius 1 is 1.06 bits per heavy atom. The van der Waals surface area contributed by atoms with E-state index < -0.39 is 5.97 Å². The van der Waals surface area contributed by atoms with E-state index in [1.165, 1.54) is 30.2 Å². The first-order valence-corrected chi connectivity index (χ1v) is 13.2. The van der Waals surface area contributed by atoms with Gasteiger partial charge < -0.3 is 19.5 Å². The number of nitrogens with one attached hydrogen (secondary N) is 1. The second-order valence-electron chi connectivity index (χ2n) is 8.04. The summed E-state index contributed by atoms with van der Waals surface area (Å²) in [5.41, 5.74) is 4.02. The maximum Gasteiger partial charge on any atom is 0.341 e. The first-order valence-electron chi connectivity index (χ1n) is 11.3. The molecule has 0 aliphatic heterocycles. The van der Waals surface area contributed by atoms with Gasteiger partial charge in [-0.2, -0.15) is 0 Å². The molecule has 2 aromatic carbocycles. The number of ether oxygens (including phenoxy) is 1. The fourth-order valence-electron chi connectivity index (χ4n) is 3.68. The molecule has 0 bridgehead atoms. The lowest BCUT2D eigenvalue weighted by Crippen LogP contribution is -2.16. The number of benzene rings is 2. The van der Waals surface area contributed by atoms with Crippen molar-refractivity contribution in [3.63, 3.8) is 0 Å². The fraction of sp³-hybridized carbons (Fsp3) is 0.231. The largest absolute Gasteiger partial charge is 0.465 e.